The molecule has 1 amide bonds. The summed E-state index contributed by atoms with van der Waals surface area (Å²) >= 11 is 0. The largest absolute Gasteiger partial charge is 0.478 e. The molecule has 1 aromatic carbocycles. The predicted molar refractivity (Wildman–Crippen MR) is 79.6 cm³/mol. The lowest BCUT2D eigenvalue weighted by Crippen LogP contribution is -2.36. The molecule has 0 aromatic heterocycles. The van der Waals surface area contributed by atoms with Gasteiger partial charge < -0.3 is 15.3 Å². The Morgan fingerprint density at radius 2 is 2.14 bits per heavy atom. The third-order valence-electron chi connectivity index (χ3n) is 2.84. The van der Waals surface area contributed by atoms with Crippen molar-refractivity contribution in [1.29, 1.82) is 0 Å². The van der Waals surface area contributed by atoms with Crippen LogP contribution in [0.2, 0.25) is 0 Å². The molecule has 0 aliphatic carbocycles. The first-order chi connectivity index (χ1) is 9.97. The summed E-state index contributed by atoms with van der Waals surface area (Å²) in [6, 6.07) is 4.09. The van der Waals surface area contributed by atoms with Gasteiger partial charge in [0.1, 0.15) is 5.82 Å². The average molecular weight is 294 g/mol. The van der Waals surface area contributed by atoms with E-state index in [0.29, 0.717) is 17.8 Å². The van der Waals surface area contributed by atoms with Crippen molar-refractivity contribution < 1.29 is 19.1 Å². The predicted octanol–water partition coefficient (Wildman–Crippen LogP) is 1.89. The van der Waals surface area contributed by atoms with E-state index in [4.69, 9.17) is 5.11 Å². The molecule has 1 rings (SSSR count). The number of hydrogen-bond acceptors (Lipinski definition) is 3. The number of carboxylic acids is 1. The second-order valence-corrected chi connectivity index (χ2v) is 4.47. The van der Waals surface area contributed by atoms with Crippen LogP contribution in [0.4, 0.5) is 10.1 Å². The van der Waals surface area contributed by atoms with Crippen molar-refractivity contribution in [3.63, 3.8) is 0 Å². The van der Waals surface area contributed by atoms with E-state index in [0.717, 1.165) is 12.5 Å². The van der Waals surface area contributed by atoms with Crippen LogP contribution in [0.25, 0.3) is 6.08 Å². The standard InChI is InChI=1S/C15H19FN2O3/c1-3-8-18(10-14(19)17-2)13-6-5-12(16)9-11(13)4-7-15(20)21/h4-7,9H,3,8,10H2,1-2H3,(H,17,19)(H,20,21). The summed E-state index contributed by atoms with van der Waals surface area (Å²) in [5.41, 5.74) is 1.05. The van der Waals surface area contributed by atoms with Crippen molar-refractivity contribution in [2.24, 2.45) is 0 Å². The number of carbonyl (C=O) groups excluding carboxylic acids is 1. The first-order valence-corrected chi connectivity index (χ1v) is 6.64. The number of amides is 1. The molecule has 1 aromatic rings. The van der Waals surface area contributed by atoms with Crippen LogP contribution < -0.4 is 10.2 Å². The molecule has 0 atom stereocenters. The summed E-state index contributed by atoms with van der Waals surface area (Å²) in [6.07, 6.45) is 3.08. The van der Waals surface area contributed by atoms with Crippen molar-refractivity contribution in [3.8, 4) is 0 Å². The van der Waals surface area contributed by atoms with Crippen LogP contribution in [-0.4, -0.2) is 37.1 Å². The Labute approximate surface area is 123 Å². The first kappa shape index (κ1) is 16.7. The zero-order valence-electron chi connectivity index (χ0n) is 12.1. The van der Waals surface area contributed by atoms with Gasteiger partial charge in [-0.3, -0.25) is 4.79 Å². The summed E-state index contributed by atoms with van der Waals surface area (Å²) in [4.78, 5) is 24.0. The molecular weight excluding hydrogens is 275 g/mol. The number of carbonyl (C=O) groups is 2. The number of likely N-dealkylation sites (N-methyl/N-ethyl adjacent to an activating group) is 1. The third kappa shape index (κ3) is 5.25. The van der Waals surface area contributed by atoms with Crippen molar-refractivity contribution in [3.05, 3.63) is 35.7 Å². The van der Waals surface area contributed by atoms with Gasteiger partial charge in [-0.05, 0) is 30.7 Å². The quantitative estimate of drug-likeness (QED) is 0.753. The van der Waals surface area contributed by atoms with E-state index in [1.807, 2.05) is 6.92 Å². The zero-order valence-corrected chi connectivity index (χ0v) is 12.1. The molecule has 6 heteroatoms. The number of hydrogen-bond donors (Lipinski definition) is 2. The van der Waals surface area contributed by atoms with E-state index >= 15 is 0 Å². The Morgan fingerprint density at radius 1 is 1.43 bits per heavy atom. The molecule has 21 heavy (non-hydrogen) atoms. The smallest absolute Gasteiger partial charge is 0.328 e. The number of nitrogens with one attached hydrogen (secondary N) is 1. The highest BCUT2D eigenvalue weighted by Gasteiger charge is 2.13. The molecule has 0 bridgehead atoms. The Morgan fingerprint density at radius 3 is 2.71 bits per heavy atom. The van der Waals surface area contributed by atoms with Crippen molar-refractivity contribution in [2.75, 3.05) is 25.0 Å². The van der Waals surface area contributed by atoms with Gasteiger partial charge in [0.15, 0.2) is 0 Å². The van der Waals surface area contributed by atoms with Gasteiger partial charge in [0.25, 0.3) is 0 Å². The summed E-state index contributed by atoms with van der Waals surface area (Å²) in [7, 11) is 1.54. The molecular formula is C15H19FN2O3. The fourth-order valence-corrected chi connectivity index (χ4v) is 1.91. The lowest BCUT2D eigenvalue weighted by Gasteiger charge is -2.25. The molecule has 114 valence electrons. The van der Waals surface area contributed by atoms with Gasteiger partial charge in [-0.1, -0.05) is 6.92 Å². The van der Waals surface area contributed by atoms with Gasteiger partial charge in [0.05, 0.1) is 6.54 Å². The Hall–Kier alpha value is -2.37. The fraction of sp³-hybridized carbons (Fsp3) is 0.333. The maximum Gasteiger partial charge on any atom is 0.328 e. The molecule has 5 nitrogen and oxygen atoms in total. The van der Waals surface area contributed by atoms with Crippen molar-refractivity contribution in [2.45, 2.75) is 13.3 Å². The van der Waals surface area contributed by atoms with E-state index in [-0.39, 0.29) is 12.5 Å². The highest BCUT2D eigenvalue weighted by Crippen LogP contribution is 2.23. The Kier molecular flexibility index (Phi) is 6.39. The van der Waals surface area contributed by atoms with Gasteiger partial charge in [0.2, 0.25) is 5.91 Å². The minimum atomic E-state index is -1.11. The molecule has 0 saturated heterocycles. The van der Waals surface area contributed by atoms with Gasteiger partial charge in [-0.2, -0.15) is 0 Å². The van der Waals surface area contributed by atoms with Crippen LogP contribution in [-0.2, 0) is 9.59 Å². The number of nitrogens with zero attached hydrogens (tertiary/aromatic N) is 1. The van der Waals surface area contributed by atoms with E-state index in [2.05, 4.69) is 5.32 Å². The molecule has 0 radical (unpaired) electrons. The zero-order chi connectivity index (χ0) is 15.8. The lowest BCUT2D eigenvalue weighted by molar-refractivity contribution is -0.131. The maximum atomic E-state index is 13.4. The van der Waals surface area contributed by atoms with Crippen molar-refractivity contribution >= 4 is 23.6 Å². The Bertz CT molecular complexity index is 544. The molecule has 0 fully saturated rings. The molecule has 2 N–H and O–H groups in total. The van der Waals surface area contributed by atoms with E-state index in [1.54, 1.807) is 18.0 Å². The number of rotatable bonds is 7. The highest BCUT2D eigenvalue weighted by molar-refractivity contribution is 5.88. The van der Waals surface area contributed by atoms with Crippen LogP contribution in [0.5, 0.6) is 0 Å². The van der Waals surface area contributed by atoms with Crippen molar-refractivity contribution in [1.82, 2.24) is 5.32 Å². The molecule has 0 spiro atoms. The van der Waals surface area contributed by atoms with E-state index in [9.17, 15) is 14.0 Å². The topological polar surface area (TPSA) is 69.6 Å². The third-order valence-corrected chi connectivity index (χ3v) is 2.84. The SMILES string of the molecule is CCCN(CC(=O)NC)c1ccc(F)cc1C=CC(=O)O. The molecule has 0 unspecified atom stereocenters. The molecule has 0 saturated carbocycles. The fourth-order valence-electron chi connectivity index (χ4n) is 1.91. The average Bonchev–Trinajstić information content (AvgIpc) is 2.44. The Balaban J connectivity index is 3.16. The summed E-state index contributed by atoms with van der Waals surface area (Å²) in [5, 5.41) is 11.2. The number of aliphatic carboxylic acids is 1. The summed E-state index contributed by atoms with van der Waals surface area (Å²) in [6.45, 7) is 2.70. The monoisotopic (exact) mass is 294 g/mol. The van der Waals surface area contributed by atoms with Crippen LogP contribution in [0.3, 0.4) is 0 Å². The minimum Gasteiger partial charge on any atom is -0.478 e. The van der Waals surface area contributed by atoms with Crippen LogP contribution in [0, 0.1) is 5.82 Å². The summed E-state index contributed by atoms with van der Waals surface area (Å²) < 4.78 is 13.4. The van der Waals surface area contributed by atoms with Gasteiger partial charge >= 0.3 is 5.97 Å². The van der Waals surface area contributed by atoms with Gasteiger partial charge in [-0.15, -0.1) is 0 Å². The van der Waals surface area contributed by atoms with Crippen LogP contribution in [0.1, 0.15) is 18.9 Å². The minimum absolute atomic E-state index is 0.129. The highest BCUT2D eigenvalue weighted by atomic mass is 19.1. The molecule has 0 aliphatic rings. The second-order valence-electron chi connectivity index (χ2n) is 4.47. The maximum absolute atomic E-state index is 13.4. The number of benzene rings is 1. The second kappa shape index (κ2) is 8.04. The summed E-state index contributed by atoms with van der Waals surface area (Å²) in [5.74, 6) is -1.74. The number of halogens is 1. The van der Waals surface area contributed by atoms with Gasteiger partial charge in [-0.25, -0.2) is 9.18 Å². The molecule has 0 aliphatic heterocycles. The van der Waals surface area contributed by atoms with E-state index in [1.165, 1.54) is 18.2 Å². The van der Waals surface area contributed by atoms with E-state index < -0.39 is 11.8 Å². The number of carboxylic acid groups (broad SMARTS) is 1. The lowest BCUT2D eigenvalue weighted by atomic mass is 10.1. The number of anilines is 1. The first-order valence-electron chi connectivity index (χ1n) is 6.64. The van der Waals surface area contributed by atoms with Crippen LogP contribution in [0.15, 0.2) is 24.3 Å². The normalized spacial score (nSPS) is 10.6. The molecule has 0 heterocycles. The van der Waals surface area contributed by atoms with Crippen LogP contribution >= 0.6 is 0 Å². The van der Waals surface area contributed by atoms with Gasteiger partial charge in [0, 0.05) is 30.9 Å².